The van der Waals surface area contributed by atoms with Crippen molar-refractivity contribution in [3.05, 3.63) is 167 Å². The lowest BCUT2D eigenvalue weighted by molar-refractivity contribution is 0.446. The maximum Gasteiger partial charge on any atom is 0.128 e. The highest BCUT2D eigenvalue weighted by atomic mass is 31.1. The molecule has 3 nitrogen and oxygen atoms in total. The lowest BCUT2D eigenvalue weighted by Gasteiger charge is -2.28. The minimum atomic E-state index is -1.11. The number of benzene rings is 5. The van der Waals surface area contributed by atoms with E-state index in [1.807, 2.05) is 12.3 Å². The van der Waals surface area contributed by atoms with Crippen LogP contribution < -0.4 is 16.0 Å². The molecular weight excluding hydrogens is 784 g/mol. The molecule has 0 aliphatic rings. The molecule has 0 spiro atoms. The van der Waals surface area contributed by atoms with Crippen LogP contribution in [0.4, 0.5) is 0 Å². The van der Waals surface area contributed by atoms with Crippen molar-refractivity contribution in [2.75, 3.05) is 0 Å². The number of pyridine rings is 2. The van der Waals surface area contributed by atoms with E-state index in [9.17, 15) is 5.11 Å². The monoisotopic (exact) mass is 850 g/mol. The third-order valence-corrected chi connectivity index (χ3v) is 14.6. The molecule has 4 heteroatoms. The van der Waals surface area contributed by atoms with Crippen molar-refractivity contribution in [2.45, 2.75) is 125 Å². The second-order valence-corrected chi connectivity index (χ2v) is 23.8. The van der Waals surface area contributed by atoms with Gasteiger partial charge in [0.1, 0.15) is 5.75 Å². The first kappa shape index (κ1) is 45.6. The van der Waals surface area contributed by atoms with Crippen LogP contribution in [0.1, 0.15) is 131 Å². The zero-order valence-electron chi connectivity index (χ0n) is 40.1. The first-order valence-electron chi connectivity index (χ1n) is 22.6. The molecule has 0 saturated heterocycles. The number of phenols is 1. The Morgan fingerprint density at radius 1 is 0.476 bits per heavy atom. The molecule has 1 N–H and O–H groups in total. The predicted octanol–water partition coefficient (Wildman–Crippen LogP) is 14.9. The average molecular weight is 851 g/mol. The van der Waals surface area contributed by atoms with E-state index in [-0.39, 0.29) is 27.4 Å². The van der Waals surface area contributed by atoms with Gasteiger partial charge in [-0.25, -0.2) is 4.98 Å². The smallest absolute Gasteiger partial charge is 0.128 e. The van der Waals surface area contributed by atoms with Crippen LogP contribution in [0.2, 0.25) is 0 Å². The van der Waals surface area contributed by atoms with Gasteiger partial charge in [0.15, 0.2) is 0 Å². The van der Waals surface area contributed by atoms with Crippen molar-refractivity contribution in [3.8, 4) is 50.5 Å². The second kappa shape index (κ2) is 17.3. The molecule has 0 amide bonds. The van der Waals surface area contributed by atoms with E-state index in [4.69, 9.17) is 9.97 Å². The van der Waals surface area contributed by atoms with Gasteiger partial charge in [0.2, 0.25) is 0 Å². The fourth-order valence-corrected chi connectivity index (χ4v) is 11.0. The summed E-state index contributed by atoms with van der Waals surface area (Å²) in [5.74, 6) is 0.592. The van der Waals surface area contributed by atoms with Crippen molar-refractivity contribution >= 4 is 24.0 Å². The fraction of sp³-hybridized carbons (Fsp3) is 0.322. The average Bonchev–Trinajstić information content (AvgIpc) is 3.23. The van der Waals surface area contributed by atoms with Gasteiger partial charge in [0.05, 0.1) is 16.8 Å². The van der Waals surface area contributed by atoms with Crippen LogP contribution in [-0.4, -0.2) is 15.1 Å². The lowest BCUT2D eigenvalue weighted by atomic mass is 9.78. The lowest BCUT2D eigenvalue weighted by Crippen LogP contribution is -2.27. The molecule has 1 unspecified atom stereocenters. The van der Waals surface area contributed by atoms with Crippen molar-refractivity contribution in [1.82, 2.24) is 9.97 Å². The standard InChI is InChI=1S/C59H67N2OP/c1-38(2)47-26-21-27-48(39-22-16-15-17-23-39)55(47)63(53-28-18-19-29-60-53)46-25-20-24-40(32-46)51-33-42(41-30-43(56(3,4)5)35-44(31-41)57(6,7)8)34-52(61-51)49-36-45(58(9,10)11)37-50(54(49)62)59(12,13)14/h15-38,62H,1-14H3. The number of hydrogen-bond donors (Lipinski definition) is 1. The predicted molar refractivity (Wildman–Crippen MR) is 273 cm³/mol. The largest absolute Gasteiger partial charge is 0.507 e. The highest BCUT2D eigenvalue weighted by molar-refractivity contribution is 7.80. The molecule has 0 aliphatic heterocycles. The molecule has 0 radical (unpaired) electrons. The van der Waals surface area contributed by atoms with Gasteiger partial charge in [0.25, 0.3) is 0 Å². The number of phenolic OH excluding ortho intramolecular Hbond substituents is 1. The molecule has 0 aliphatic carbocycles. The van der Waals surface area contributed by atoms with E-state index in [1.165, 1.54) is 44.0 Å². The van der Waals surface area contributed by atoms with Crippen LogP contribution in [0, 0.1) is 0 Å². The van der Waals surface area contributed by atoms with E-state index in [1.54, 1.807) is 0 Å². The second-order valence-electron chi connectivity index (χ2n) is 21.7. The summed E-state index contributed by atoms with van der Waals surface area (Å²) in [5.41, 5.74) is 14.6. The maximum absolute atomic E-state index is 12.3. The van der Waals surface area contributed by atoms with Gasteiger partial charge < -0.3 is 5.11 Å². The first-order valence-corrected chi connectivity index (χ1v) is 23.9. The van der Waals surface area contributed by atoms with Crippen LogP contribution in [0.3, 0.4) is 0 Å². The zero-order chi connectivity index (χ0) is 45.6. The highest BCUT2D eigenvalue weighted by Gasteiger charge is 2.29. The van der Waals surface area contributed by atoms with Gasteiger partial charge in [-0.15, -0.1) is 0 Å². The van der Waals surface area contributed by atoms with E-state index < -0.39 is 7.92 Å². The molecule has 2 heterocycles. The summed E-state index contributed by atoms with van der Waals surface area (Å²) in [4.78, 5) is 10.6. The Morgan fingerprint density at radius 3 is 1.63 bits per heavy atom. The highest BCUT2D eigenvalue weighted by Crippen LogP contribution is 2.45. The Bertz CT molecular complexity index is 2710. The normalized spacial score (nSPS) is 13.1. The van der Waals surface area contributed by atoms with Crippen LogP contribution in [0.15, 0.2) is 140 Å². The van der Waals surface area contributed by atoms with Crippen LogP contribution in [0.25, 0.3) is 44.8 Å². The van der Waals surface area contributed by atoms with Crippen LogP contribution in [-0.2, 0) is 21.7 Å². The summed E-state index contributed by atoms with van der Waals surface area (Å²) >= 11 is 0. The molecule has 7 rings (SSSR count). The summed E-state index contributed by atoms with van der Waals surface area (Å²) in [6.45, 7) is 31.6. The van der Waals surface area contributed by atoms with Gasteiger partial charge in [-0.3, -0.25) is 4.98 Å². The SMILES string of the molecule is CC(C)c1cccc(-c2ccccc2)c1P(c1cccc(-c2cc(-c3cc(C(C)(C)C)cc(C(C)(C)C)c3)cc(-c3cc(C(C)(C)C)cc(C(C)(C)C)c3O)n2)c1)c1ccccn1. The molecule has 63 heavy (non-hydrogen) atoms. The third kappa shape index (κ3) is 9.90. The minimum Gasteiger partial charge on any atom is -0.507 e. The zero-order valence-corrected chi connectivity index (χ0v) is 41.0. The van der Waals surface area contributed by atoms with E-state index in [0.717, 1.165) is 44.6 Å². The topological polar surface area (TPSA) is 46.0 Å². The Balaban J connectivity index is 1.54. The quantitative estimate of drug-likeness (QED) is 0.155. The molecular formula is C59H67N2OP. The van der Waals surface area contributed by atoms with Gasteiger partial charge >= 0.3 is 0 Å². The third-order valence-electron chi connectivity index (χ3n) is 12.2. The van der Waals surface area contributed by atoms with Gasteiger partial charge in [0, 0.05) is 30.8 Å². The number of hydrogen-bond acceptors (Lipinski definition) is 3. The maximum atomic E-state index is 12.3. The summed E-state index contributed by atoms with van der Waals surface area (Å²) < 4.78 is 0. The number of aromatic nitrogens is 2. The van der Waals surface area contributed by atoms with Crippen molar-refractivity contribution in [1.29, 1.82) is 0 Å². The van der Waals surface area contributed by atoms with Gasteiger partial charge in [-0.1, -0.05) is 194 Å². The Labute approximate surface area is 379 Å². The Kier molecular flexibility index (Phi) is 12.5. The molecule has 0 fully saturated rings. The van der Waals surface area contributed by atoms with Gasteiger partial charge in [-0.05, 0) is 119 Å². The van der Waals surface area contributed by atoms with E-state index in [2.05, 4.69) is 224 Å². The molecule has 324 valence electrons. The summed E-state index contributed by atoms with van der Waals surface area (Å²) in [7, 11) is -1.11. The molecule has 2 aromatic heterocycles. The van der Waals surface area contributed by atoms with Crippen molar-refractivity contribution in [3.63, 3.8) is 0 Å². The summed E-state index contributed by atoms with van der Waals surface area (Å²) in [6, 6.07) is 48.8. The Hall–Kier alpha value is -5.37. The minimum absolute atomic E-state index is 0.0581. The van der Waals surface area contributed by atoms with E-state index >= 15 is 0 Å². The summed E-state index contributed by atoms with van der Waals surface area (Å²) in [6.07, 6.45) is 1.92. The molecule has 0 saturated carbocycles. The number of rotatable bonds is 8. The summed E-state index contributed by atoms with van der Waals surface area (Å²) in [5, 5.41) is 14.8. The molecule has 0 bridgehead atoms. The molecule has 7 aromatic rings. The number of aromatic hydroxyl groups is 1. The number of nitrogens with zero attached hydrogens (tertiary/aromatic N) is 2. The van der Waals surface area contributed by atoms with E-state index in [0.29, 0.717) is 5.92 Å². The first-order chi connectivity index (χ1) is 29.5. The van der Waals surface area contributed by atoms with Crippen molar-refractivity contribution < 1.29 is 5.11 Å². The molecule has 1 atom stereocenters. The van der Waals surface area contributed by atoms with Crippen molar-refractivity contribution in [2.24, 2.45) is 0 Å². The van der Waals surface area contributed by atoms with Gasteiger partial charge in [-0.2, -0.15) is 0 Å². The molecule has 5 aromatic carbocycles. The fourth-order valence-electron chi connectivity index (χ4n) is 8.27. The van der Waals surface area contributed by atoms with Crippen LogP contribution in [0.5, 0.6) is 5.75 Å². The Morgan fingerprint density at radius 2 is 1.05 bits per heavy atom. The van der Waals surface area contributed by atoms with Crippen LogP contribution >= 0.6 is 7.92 Å².